The minimum absolute atomic E-state index is 0.159. The summed E-state index contributed by atoms with van der Waals surface area (Å²) in [5.41, 5.74) is 0.319. The van der Waals surface area contributed by atoms with Gasteiger partial charge in [0.25, 0.3) is 0 Å². The van der Waals surface area contributed by atoms with Crippen LogP contribution in [0.25, 0.3) is 0 Å². The van der Waals surface area contributed by atoms with Gasteiger partial charge in [-0.1, -0.05) is 0 Å². The second-order valence-corrected chi connectivity index (χ2v) is 2.41. The fourth-order valence-electron chi connectivity index (χ4n) is 0.685. The molecule has 5 heteroatoms. The van der Waals surface area contributed by atoms with E-state index in [9.17, 15) is 9.81 Å². The van der Waals surface area contributed by atoms with Crippen LogP contribution in [0.1, 0.15) is 0 Å². The number of thiol groups is 1. The van der Waals surface area contributed by atoms with E-state index in [-0.39, 0.29) is 11.4 Å². The Morgan fingerprint density at radius 3 is 1.82 bits per heavy atom. The standard InChI is InChI=1S/C6H4N2O2S/c9-7-4-1-5(8-10)3-6(11)2-4/h1-3,11H. The molecule has 0 saturated heterocycles. The minimum Gasteiger partial charge on any atom is -0.145 e. The molecule has 0 fully saturated rings. The third-order valence-corrected chi connectivity index (χ3v) is 1.36. The summed E-state index contributed by atoms with van der Waals surface area (Å²) in [5.74, 6) is 0. The van der Waals surface area contributed by atoms with Crippen LogP contribution >= 0.6 is 12.6 Å². The maximum Gasteiger partial charge on any atom is 0.111 e. The molecule has 0 saturated carbocycles. The highest BCUT2D eigenvalue weighted by atomic mass is 32.1. The summed E-state index contributed by atoms with van der Waals surface area (Å²) in [4.78, 5) is 20.5. The molecular formula is C6H4N2O2S. The summed E-state index contributed by atoms with van der Waals surface area (Å²) in [6, 6.07) is 4.19. The molecular weight excluding hydrogens is 164 g/mol. The summed E-state index contributed by atoms with van der Waals surface area (Å²) in [6.45, 7) is 0. The number of benzene rings is 1. The zero-order valence-electron chi connectivity index (χ0n) is 5.39. The predicted molar refractivity (Wildman–Crippen MR) is 44.6 cm³/mol. The first-order valence-corrected chi connectivity index (χ1v) is 3.22. The fourth-order valence-corrected chi connectivity index (χ4v) is 0.949. The van der Waals surface area contributed by atoms with Gasteiger partial charge in [-0.25, -0.2) is 0 Å². The predicted octanol–water partition coefficient (Wildman–Crippen LogP) is 2.77. The lowest BCUT2D eigenvalue weighted by Gasteiger charge is -1.92. The van der Waals surface area contributed by atoms with Crippen molar-refractivity contribution in [3.05, 3.63) is 28.0 Å². The Balaban J connectivity index is 3.21. The summed E-state index contributed by atoms with van der Waals surface area (Å²) in [5, 5.41) is 5.28. The lowest BCUT2D eigenvalue weighted by molar-refractivity contribution is 1.36. The molecule has 4 nitrogen and oxygen atoms in total. The molecule has 0 bridgehead atoms. The highest BCUT2D eigenvalue weighted by molar-refractivity contribution is 7.80. The monoisotopic (exact) mass is 168 g/mol. The molecule has 0 atom stereocenters. The van der Waals surface area contributed by atoms with E-state index in [1.807, 2.05) is 0 Å². The quantitative estimate of drug-likeness (QED) is 0.545. The molecule has 1 aromatic rings. The molecule has 0 aliphatic carbocycles. The molecule has 0 aromatic heterocycles. The molecule has 0 radical (unpaired) electrons. The molecule has 0 spiro atoms. The maximum atomic E-state index is 10.00. The minimum atomic E-state index is 0.159. The van der Waals surface area contributed by atoms with Gasteiger partial charge in [0.1, 0.15) is 11.4 Å². The van der Waals surface area contributed by atoms with E-state index in [0.717, 1.165) is 0 Å². The van der Waals surface area contributed by atoms with Gasteiger partial charge in [0, 0.05) is 4.90 Å². The van der Waals surface area contributed by atoms with Crippen LogP contribution in [-0.4, -0.2) is 0 Å². The largest absolute Gasteiger partial charge is 0.145 e. The van der Waals surface area contributed by atoms with E-state index in [1.165, 1.54) is 18.2 Å². The average Bonchev–Trinajstić information content (AvgIpc) is 2.03. The molecule has 0 heterocycles. The molecule has 0 amide bonds. The van der Waals surface area contributed by atoms with Gasteiger partial charge in [0.2, 0.25) is 0 Å². The molecule has 11 heavy (non-hydrogen) atoms. The Labute approximate surface area is 68.0 Å². The Bertz CT molecular complexity index is 274. The van der Waals surface area contributed by atoms with Crippen molar-refractivity contribution in [3.8, 4) is 0 Å². The van der Waals surface area contributed by atoms with E-state index in [0.29, 0.717) is 4.90 Å². The number of nitrogens with zero attached hydrogens (tertiary/aromatic N) is 2. The molecule has 0 unspecified atom stereocenters. The molecule has 0 aliphatic heterocycles. The van der Waals surface area contributed by atoms with Crippen LogP contribution in [0.4, 0.5) is 11.4 Å². The van der Waals surface area contributed by atoms with Crippen molar-refractivity contribution in [1.82, 2.24) is 0 Å². The van der Waals surface area contributed by atoms with Crippen molar-refractivity contribution in [2.45, 2.75) is 4.90 Å². The third-order valence-electron chi connectivity index (χ3n) is 1.10. The van der Waals surface area contributed by atoms with Crippen LogP contribution in [0.3, 0.4) is 0 Å². The molecule has 1 aromatic carbocycles. The van der Waals surface area contributed by atoms with Crippen LogP contribution in [-0.2, 0) is 0 Å². The van der Waals surface area contributed by atoms with E-state index < -0.39 is 0 Å². The maximum absolute atomic E-state index is 10.00. The van der Waals surface area contributed by atoms with Gasteiger partial charge in [-0.3, -0.25) is 0 Å². The molecule has 0 aliphatic rings. The van der Waals surface area contributed by atoms with Gasteiger partial charge < -0.3 is 0 Å². The SMILES string of the molecule is O=Nc1cc(S)cc(N=O)c1. The van der Waals surface area contributed by atoms with Gasteiger partial charge in [-0.15, -0.1) is 22.4 Å². The Morgan fingerprint density at radius 2 is 1.45 bits per heavy atom. The van der Waals surface area contributed by atoms with Crippen LogP contribution in [0.15, 0.2) is 33.4 Å². The summed E-state index contributed by atoms with van der Waals surface area (Å²) >= 11 is 3.93. The highest BCUT2D eigenvalue weighted by Crippen LogP contribution is 2.24. The lowest BCUT2D eigenvalue weighted by Crippen LogP contribution is -1.66. The first-order chi connectivity index (χ1) is 5.26. The topological polar surface area (TPSA) is 58.9 Å². The number of hydrogen-bond donors (Lipinski definition) is 1. The third kappa shape index (κ3) is 1.84. The highest BCUT2D eigenvalue weighted by Gasteiger charge is 1.97. The molecule has 56 valence electrons. The van der Waals surface area contributed by atoms with Crippen LogP contribution in [0, 0.1) is 9.81 Å². The van der Waals surface area contributed by atoms with E-state index in [2.05, 4.69) is 23.0 Å². The Kier molecular flexibility index (Phi) is 2.32. The van der Waals surface area contributed by atoms with Gasteiger partial charge in [-0.05, 0) is 28.6 Å². The van der Waals surface area contributed by atoms with Crippen LogP contribution in [0.2, 0.25) is 0 Å². The summed E-state index contributed by atoms with van der Waals surface area (Å²) in [7, 11) is 0. The summed E-state index contributed by atoms with van der Waals surface area (Å²) in [6.07, 6.45) is 0. The van der Waals surface area contributed by atoms with Gasteiger partial charge in [0.15, 0.2) is 0 Å². The fraction of sp³-hybridized carbons (Fsp3) is 0. The molecule has 1 rings (SSSR count). The Hall–Kier alpha value is -1.23. The number of nitroso groups, excluding NO2 is 2. The number of hydrogen-bond acceptors (Lipinski definition) is 5. The van der Waals surface area contributed by atoms with Crippen molar-refractivity contribution in [2.75, 3.05) is 0 Å². The summed E-state index contributed by atoms with van der Waals surface area (Å²) < 4.78 is 0. The van der Waals surface area contributed by atoms with Crippen molar-refractivity contribution in [3.63, 3.8) is 0 Å². The average molecular weight is 168 g/mol. The molecule has 0 N–H and O–H groups in total. The zero-order chi connectivity index (χ0) is 8.27. The van der Waals surface area contributed by atoms with E-state index >= 15 is 0 Å². The van der Waals surface area contributed by atoms with Crippen molar-refractivity contribution in [1.29, 1.82) is 0 Å². The normalized spacial score (nSPS) is 9.18. The second kappa shape index (κ2) is 3.25. The smallest absolute Gasteiger partial charge is 0.111 e. The van der Waals surface area contributed by atoms with Gasteiger partial charge >= 0.3 is 0 Å². The van der Waals surface area contributed by atoms with Gasteiger partial charge in [-0.2, -0.15) is 0 Å². The van der Waals surface area contributed by atoms with Crippen LogP contribution < -0.4 is 0 Å². The first kappa shape index (κ1) is 7.87. The first-order valence-electron chi connectivity index (χ1n) is 2.77. The van der Waals surface area contributed by atoms with E-state index in [1.54, 1.807) is 0 Å². The zero-order valence-corrected chi connectivity index (χ0v) is 6.28. The van der Waals surface area contributed by atoms with Crippen molar-refractivity contribution < 1.29 is 0 Å². The number of rotatable bonds is 2. The lowest BCUT2D eigenvalue weighted by atomic mass is 10.3. The van der Waals surface area contributed by atoms with Crippen LogP contribution in [0.5, 0.6) is 0 Å². The van der Waals surface area contributed by atoms with Gasteiger partial charge in [0.05, 0.1) is 0 Å². The van der Waals surface area contributed by atoms with E-state index in [4.69, 9.17) is 0 Å². The van der Waals surface area contributed by atoms with Crippen molar-refractivity contribution in [2.24, 2.45) is 10.4 Å². The van der Waals surface area contributed by atoms with Crippen molar-refractivity contribution >= 4 is 24.0 Å². The Morgan fingerprint density at radius 1 is 1.00 bits per heavy atom. The second-order valence-electron chi connectivity index (χ2n) is 1.89.